The van der Waals surface area contributed by atoms with Crippen LogP contribution in [0.4, 0.5) is 15.8 Å². The van der Waals surface area contributed by atoms with Gasteiger partial charge in [-0.05, 0) is 38.1 Å². The Labute approximate surface area is 147 Å². The minimum atomic E-state index is -0.217. The summed E-state index contributed by atoms with van der Waals surface area (Å²) in [5.74, 6) is -0.199. The van der Waals surface area contributed by atoms with Gasteiger partial charge in [0.2, 0.25) is 0 Å². The summed E-state index contributed by atoms with van der Waals surface area (Å²) >= 11 is 0. The van der Waals surface area contributed by atoms with Crippen LogP contribution in [-0.2, 0) is 11.8 Å². The van der Waals surface area contributed by atoms with Gasteiger partial charge in [0.1, 0.15) is 5.82 Å². The number of halogens is 1. The zero-order chi connectivity index (χ0) is 18.0. The number of benzene rings is 1. The Hall–Kier alpha value is -2.41. The van der Waals surface area contributed by atoms with Crippen molar-refractivity contribution in [1.29, 1.82) is 0 Å². The summed E-state index contributed by atoms with van der Waals surface area (Å²) in [6, 6.07) is 6.59. The average molecular weight is 346 g/mol. The number of amides is 1. The van der Waals surface area contributed by atoms with E-state index in [1.165, 1.54) is 17.0 Å². The molecule has 0 spiro atoms. The van der Waals surface area contributed by atoms with Crippen LogP contribution in [-0.4, -0.2) is 48.4 Å². The lowest BCUT2D eigenvalue weighted by atomic mass is 10.2. The third kappa shape index (κ3) is 3.99. The van der Waals surface area contributed by atoms with Crippen molar-refractivity contribution in [1.82, 2.24) is 9.78 Å². The summed E-state index contributed by atoms with van der Waals surface area (Å²) in [5.41, 5.74) is 3.65. The number of aromatic nitrogens is 2. The number of hydrogen-bond donors (Lipinski definition) is 2. The Balaban J connectivity index is 1.51. The van der Waals surface area contributed by atoms with E-state index in [9.17, 15) is 9.18 Å². The van der Waals surface area contributed by atoms with Gasteiger partial charge in [0.15, 0.2) is 6.54 Å². The Morgan fingerprint density at radius 1 is 1.24 bits per heavy atom. The van der Waals surface area contributed by atoms with Gasteiger partial charge in [-0.1, -0.05) is 0 Å². The molecule has 0 unspecified atom stereocenters. The lowest BCUT2D eigenvalue weighted by molar-refractivity contribution is -0.892. The molecule has 0 aliphatic carbocycles. The van der Waals surface area contributed by atoms with Crippen LogP contribution in [0.5, 0.6) is 0 Å². The average Bonchev–Trinajstić information content (AvgIpc) is 2.83. The molecule has 0 bridgehead atoms. The first-order valence-corrected chi connectivity index (χ1v) is 8.58. The molecule has 1 fully saturated rings. The van der Waals surface area contributed by atoms with Crippen molar-refractivity contribution in [3.05, 3.63) is 41.5 Å². The highest BCUT2D eigenvalue weighted by atomic mass is 19.1. The van der Waals surface area contributed by atoms with Crippen molar-refractivity contribution in [2.45, 2.75) is 13.8 Å². The number of carbonyl (C=O) groups is 1. The molecule has 2 N–H and O–H groups in total. The van der Waals surface area contributed by atoms with E-state index in [1.54, 1.807) is 16.8 Å². The van der Waals surface area contributed by atoms with E-state index in [2.05, 4.69) is 15.3 Å². The van der Waals surface area contributed by atoms with Gasteiger partial charge in [0.25, 0.3) is 5.91 Å². The maximum absolute atomic E-state index is 13.0. The minimum absolute atomic E-state index is 0.0180. The van der Waals surface area contributed by atoms with Gasteiger partial charge in [0.05, 0.1) is 43.3 Å². The molecule has 2 heterocycles. The number of nitrogens with zero attached hydrogens (tertiary/aromatic N) is 3. The molecule has 1 aromatic heterocycles. The van der Waals surface area contributed by atoms with Crippen molar-refractivity contribution in [2.24, 2.45) is 7.05 Å². The van der Waals surface area contributed by atoms with E-state index < -0.39 is 0 Å². The first-order valence-electron chi connectivity index (χ1n) is 8.58. The van der Waals surface area contributed by atoms with E-state index in [4.69, 9.17) is 0 Å². The highest BCUT2D eigenvalue weighted by Gasteiger charge is 2.23. The quantitative estimate of drug-likeness (QED) is 0.849. The second-order valence-corrected chi connectivity index (χ2v) is 6.61. The lowest BCUT2D eigenvalue weighted by Crippen LogP contribution is -3.15. The summed E-state index contributed by atoms with van der Waals surface area (Å²) in [6.07, 6.45) is 0. The number of carbonyl (C=O) groups excluding carboxylic acids is 1. The van der Waals surface area contributed by atoms with Gasteiger partial charge in [0, 0.05) is 12.7 Å². The van der Waals surface area contributed by atoms with Crippen molar-refractivity contribution >= 4 is 17.3 Å². The SMILES string of the molecule is Cc1nn(C)c(C)c1NC(=O)C[NH+]1CCN(c2ccc(F)cc2)CC1. The normalized spacial score (nSPS) is 15.4. The summed E-state index contributed by atoms with van der Waals surface area (Å²) in [6.45, 7) is 7.79. The van der Waals surface area contributed by atoms with E-state index in [0.717, 1.165) is 48.9 Å². The van der Waals surface area contributed by atoms with E-state index in [1.807, 2.05) is 20.9 Å². The molecule has 0 saturated carbocycles. The van der Waals surface area contributed by atoms with Gasteiger partial charge in [-0.2, -0.15) is 5.10 Å². The molecule has 1 aromatic carbocycles. The second-order valence-electron chi connectivity index (χ2n) is 6.61. The maximum Gasteiger partial charge on any atom is 0.279 e. The number of hydrogen-bond acceptors (Lipinski definition) is 3. The molecule has 1 aliphatic heterocycles. The highest BCUT2D eigenvalue weighted by Crippen LogP contribution is 2.18. The maximum atomic E-state index is 13.0. The molecule has 3 rings (SSSR count). The second kappa shape index (κ2) is 7.23. The lowest BCUT2D eigenvalue weighted by Gasteiger charge is -2.33. The number of anilines is 2. The third-order valence-corrected chi connectivity index (χ3v) is 4.85. The standard InChI is InChI=1S/C18H24FN5O/c1-13-18(14(2)22(3)21-13)20-17(25)12-23-8-10-24(11-9-23)16-6-4-15(19)5-7-16/h4-7H,8-12H2,1-3H3,(H,20,25)/p+1. The van der Waals surface area contributed by atoms with Crippen LogP contribution >= 0.6 is 0 Å². The van der Waals surface area contributed by atoms with Crippen LogP contribution in [0.25, 0.3) is 0 Å². The van der Waals surface area contributed by atoms with Crippen molar-refractivity contribution in [3.8, 4) is 0 Å². The molecule has 134 valence electrons. The monoisotopic (exact) mass is 346 g/mol. The minimum Gasteiger partial charge on any atom is -0.360 e. The molecular weight excluding hydrogens is 321 g/mol. The van der Waals surface area contributed by atoms with Crippen molar-refractivity contribution < 1.29 is 14.1 Å². The molecule has 2 aromatic rings. The van der Waals surface area contributed by atoms with E-state index >= 15 is 0 Å². The third-order valence-electron chi connectivity index (χ3n) is 4.85. The zero-order valence-corrected chi connectivity index (χ0v) is 15.0. The predicted octanol–water partition coefficient (Wildman–Crippen LogP) is 0.520. The first-order chi connectivity index (χ1) is 11.9. The number of aryl methyl sites for hydroxylation is 2. The fourth-order valence-electron chi connectivity index (χ4n) is 3.28. The highest BCUT2D eigenvalue weighted by molar-refractivity contribution is 5.92. The molecule has 7 heteroatoms. The van der Waals surface area contributed by atoms with E-state index in [-0.39, 0.29) is 11.7 Å². The van der Waals surface area contributed by atoms with Gasteiger partial charge in [-0.3, -0.25) is 9.48 Å². The molecule has 0 atom stereocenters. The van der Waals surface area contributed by atoms with Crippen LogP contribution in [0, 0.1) is 19.7 Å². The van der Waals surface area contributed by atoms with Gasteiger partial charge < -0.3 is 15.1 Å². The topological polar surface area (TPSA) is 54.6 Å². The Morgan fingerprint density at radius 2 is 1.88 bits per heavy atom. The smallest absolute Gasteiger partial charge is 0.279 e. The van der Waals surface area contributed by atoms with Crippen molar-refractivity contribution in [2.75, 3.05) is 42.9 Å². The van der Waals surface area contributed by atoms with Gasteiger partial charge >= 0.3 is 0 Å². The predicted molar refractivity (Wildman–Crippen MR) is 95.5 cm³/mol. The van der Waals surface area contributed by atoms with Crippen LogP contribution in [0.2, 0.25) is 0 Å². The fourth-order valence-corrected chi connectivity index (χ4v) is 3.28. The molecule has 25 heavy (non-hydrogen) atoms. The molecule has 1 amide bonds. The zero-order valence-electron chi connectivity index (χ0n) is 15.0. The Morgan fingerprint density at radius 3 is 2.44 bits per heavy atom. The number of nitrogens with one attached hydrogen (secondary N) is 2. The van der Waals surface area contributed by atoms with Crippen molar-refractivity contribution in [3.63, 3.8) is 0 Å². The molecule has 1 aliphatic rings. The Kier molecular flexibility index (Phi) is 5.03. The van der Waals surface area contributed by atoms with E-state index in [0.29, 0.717) is 6.54 Å². The van der Waals surface area contributed by atoms with Crippen LogP contribution in [0.15, 0.2) is 24.3 Å². The van der Waals surface area contributed by atoms with Crippen LogP contribution in [0.1, 0.15) is 11.4 Å². The number of rotatable bonds is 4. The summed E-state index contributed by atoms with van der Waals surface area (Å²) in [4.78, 5) is 15.9. The van der Waals surface area contributed by atoms with Crippen LogP contribution in [0.3, 0.4) is 0 Å². The van der Waals surface area contributed by atoms with Gasteiger partial charge in [-0.25, -0.2) is 4.39 Å². The number of piperazine rings is 1. The van der Waals surface area contributed by atoms with Crippen LogP contribution < -0.4 is 15.1 Å². The molecular formula is C18H25FN5O+. The Bertz CT molecular complexity index is 748. The van der Waals surface area contributed by atoms with Gasteiger partial charge in [-0.15, -0.1) is 0 Å². The summed E-state index contributed by atoms with van der Waals surface area (Å²) in [5, 5.41) is 7.32. The molecule has 0 radical (unpaired) electrons. The molecule has 6 nitrogen and oxygen atoms in total. The molecule has 1 saturated heterocycles. The fraction of sp³-hybridized carbons (Fsp3) is 0.444. The first kappa shape index (κ1) is 17.4. The largest absolute Gasteiger partial charge is 0.360 e. The summed E-state index contributed by atoms with van der Waals surface area (Å²) < 4.78 is 14.8. The number of quaternary nitrogens is 1. The summed E-state index contributed by atoms with van der Waals surface area (Å²) in [7, 11) is 1.87.